The number of aromatic nitrogens is 2. The molecule has 2 heterocycles. The molecular formula is C10H7F3N2O. The van der Waals surface area contributed by atoms with E-state index in [0.29, 0.717) is 6.07 Å². The molecule has 0 atom stereocenters. The monoisotopic (exact) mass is 228 g/mol. The van der Waals surface area contributed by atoms with E-state index in [2.05, 4.69) is 4.98 Å². The van der Waals surface area contributed by atoms with E-state index in [1.165, 1.54) is 12.3 Å². The van der Waals surface area contributed by atoms with Crippen molar-refractivity contribution in [3.05, 3.63) is 46.0 Å². The molecule has 0 saturated heterocycles. The van der Waals surface area contributed by atoms with Gasteiger partial charge in [0.15, 0.2) is 5.69 Å². The minimum atomic E-state index is -4.60. The van der Waals surface area contributed by atoms with Gasteiger partial charge in [-0.1, -0.05) is 6.07 Å². The van der Waals surface area contributed by atoms with E-state index in [0.717, 1.165) is 9.96 Å². The van der Waals surface area contributed by atoms with Crippen molar-refractivity contribution in [1.82, 2.24) is 9.38 Å². The minimum Gasteiger partial charge on any atom is -0.269 e. The molecule has 0 aliphatic heterocycles. The Morgan fingerprint density at radius 2 is 2.00 bits per heavy atom. The molecule has 3 nitrogen and oxygen atoms in total. The summed E-state index contributed by atoms with van der Waals surface area (Å²) in [6.07, 6.45) is -3.15. The maximum absolute atomic E-state index is 12.4. The Labute approximate surface area is 88.2 Å². The smallest absolute Gasteiger partial charge is 0.269 e. The summed E-state index contributed by atoms with van der Waals surface area (Å²) in [6.45, 7) is 1.74. The van der Waals surface area contributed by atoms with E-state index in [-0.39, 0.29) is 5.65 Å². The van der Waals surface area contributed by atoms with Crippen molar-refractivity contribution < 1.29 is 13.2 Å². The molecule has 2 aromatic heterocycles. The maximum atomic E-state index is 12.4. The van der Waals surface area contributed by atoms with Crippen LogP contribution in [0.5, 0.6) is 0 Å². The van der Waals surface area contributed by atoms with Crippen molar-refractivity contribution in [2.45, 2.75) is 13.1 Å². The summed E-state index contributed by atoms with van der Waals surface area (Å²) in [7, 11) is 0. The largest absolute Gasteiger partial charge is 0.433 e. The highest BCUT2D eigenvalue weighted by molar-refractivity contribution is 5.40. The summed E-state index contributed by atoms with van der Waals surface area (Å²) in [6, 6.07) is 3.47. The van der Waals surface area contributed by atoms with Crippen LogP contribution in [0.1, 0.15) is 11.3 Å². The predicted octanol–water partition coefficient (Wildman–Crippen LogP) is 2.02. The number of halogens is 3. The average molecular weight is 228 g/mol. The zero-order valence-corrected chi connectivity index (χ0v) is 8.25. The minimum absolute atomic E-state index is 0.00887. The summed E-state index contributed by atoms with van der Waals surface area (Å²) >= 11 is 0. The second-order valence-electron chi connectivity index (χ2n) is 3.41. The quantitative estimate of drug-likeness (QED) is 0.691. The molecule has 0 spiro atoms. The first-order valence-electron chi connectivity index (χ1n) is 4.45. The fourth-order valence-electron chi connectivity index (χ4n) is 1.35. The number of aryl methyl sites for hydroxylation is 1. The van der Waals surface area contributed by atoms with Gasteiger partial charge in [-0.05, 0) is 18.6 Å². The van der Waals surface area contributed by atoms with Crippen molar-refractivity contribution in [1.29, 1.82) is 0 Å². The van der Waals surface area contributed by atoms with Crippen molar-refractivity contribution >= 4 is 5.65 Å². The number of hydrogen-bond donors (Lipinski definition) is 0. The van der Waals surface area contributed by atoms with E-state index in [1.54, 1.807) is 13.0 Å². The molecule has 0 aliphatic carbocycles. The Morgan fingerprint density at radius 1 is 1.31 bits per heavy atom. The van der Waals surface area contributed by atoms with Crippen LogP contribution in [0.3, 0.4) is 0 Å². The van der Waals surface area contributed by atoms with Crippen molar-refractivity contribution in [2.75, 3.05) is 0 Å². The molecule has 16 heavy (non-hydrogen) atoms. The fraction of sp³-hybridized carbons (Fsp3) is 0.200. The van der Waals surface area contributed by atoms with Crippen molar-refractivity contribution in [2.24, 2.45) is 0 Å². The molecule has 0 radical (unpaired) electrons. The summed E-state index contributed by atoms with van der Waals surface area (Å²) < 4.78 is 38.2. The Hall–Kier alpha value is -1.85. The van der Waals surface area contributed by atoms with Crippen LogP contribution in [0.25, 0.3) is 5.65 Å². The third-order valence-corrected chi connectivity index (χ3v) is 2.10. The standard InChI is InChI=1S/C10H7F3N2O/c1-6-2-3-8-14-7(10(11,12)13)4-9(16)15(8)5-6/h2-5H,1H3. The zero-order valence-electron chi connectivity index (χ0n) is 8.25. The lowest BCUT2D eigenvalue weighted by Gasteiger charge is -2.07. The summed E-state index contributed by atoms with van der Waals surface area (Å²) in [5, 5.41) is 0. The van der Waals surface area contributed by atoms with Crippen LogP contribution in [0.2, 0.25) is 0 Å². The number of fused-ring (bicyclic) bond motifs is 1. The molecule has 2 rings (SSSR count). The van der Waals surface area contributed by atoms with Crippen LogP contribution in [0, 0.1) is 6.92 Å². The van der Waals surface area contributed by atoms with Crippen LogP contribution < -0.4 is 5.56 Å². The summed E-state index contributed by atoms with van der Waals surface area (Å²) in [5.41, 5.74) is -1.14. The van der Waals surface area contributed by atoms with Gasteiger partial charge in [0, 0.05) is 12.3 Å². The van der Waals surface area contributed by atoms with Gasteiger partial charge in [-0.15, -0.1) is 0 Å². The average Bonchev–Trinajstić information content (AvgIpc) is 2.17. The van der Waals surface area contributed by atoms with Gasteiger partial charge >= 0.3 is 6.18 Å². The van der Waals surface area contributed by atoms with Crippen LogP contribution in [-0.2, 0) is 6.18 Å². The molecule has 0 N–H and O–H groups in total. The lowest BCUT2D eigenvalue weighted by molar-refractivity contribution is -0.141. The Bertz CT molecular complexity index is 601. The Morgan fingerprint density at radius 3 is 2.62 bits per heavy atom. The lowest BCUT2D eigenvalue weighted by Crippen LogP contribution is -2.19. The summed E-state index contributed by atoms with van der Waals surface area (Å²) in [4.78, 5) is 14.8. The topological polar surface area (TPSA) is 34.4 Å². The molecule has 0 aromatic carbocycles. The molecule has 2 aromatic rings. The zero-order chi connectivity index (χ0) is 11.9. The van der Waals surface area contributed by atoms with Gasteiger partial charge in [0.05, 0.1) is 0 Å². The third-order valence-electron chi connectivity index (χ3n) is 2.10. The van der Waals surface area contributed by atoms with Crippen LogP contribution in [0.15, 0.2) is 29.2 Å². The first-order chi connectivity index (χ1) is 7.38. The molecule has 0 aliphatic rings. The third kappa shape index (κ3) is 1.78. The molecule has 0 bridgehead atoms. The molecule has 0 amide bonds. The Kier molecular flexibility index (Phi) is 2.22. The molecule has 0 fully saturated rings. The molecule has 6 heteroatoms. The van der Waals surface area contributed by atoms with Gasteiger partial charge in [0.25, 0.3) is 5.56 Å². The van der Waals surface area contributed by atoms with E-state index in [1.807, 2.05) is 0 Å². The van der Waals surface area contributed by atoms with Gasteiger partial charge in [-0.2, -0.15) is 13.2 Å². The first-order valence-corrected chi connectivity index (χ1v) is 4.45. The summed E-state index contributed by atoms with van der Waals surface area (Å²) in [5.74, 6) is 0. The van der Waals surface area contributed by atoms with Crippen molar-refractivity contribution in [3.8, 4) is 0 Å². The van der Waals surface area contributed by atoms with Gasteiger partial charge in [-0.3, -0.25) is 9.20 Å². The van der Waals surface area contributed by atoms with Gasteiger partial charge in [-0.25, -0.2) is 4.98 Å². The van der Waals surface area contributed by atoms with Gasteiger partial charge in [0.1, 0.15) is 5.65 Å². The highest BCUT2D eigenvalue weighted by Gasteiger charge is 2.33. The SMILES string of the molecule is Cc1ccc2nc(C(F)(F)F)cc(=O)n2c1. The normalized spacial score (nSPS) is 12.0. The number of rotatable bonds is 0. The number of pyridine rings is 1. The number of hydrogen-bond acceptors (Lipinski definition) is 2. The fourth-order valence-corrected chi connectivity index (χ4v) is 1.35. The maximum Gasteiger partial charge on any atom is 0.433 e. The van der Waals surface area contributed by atoms with E-state index in [9.17, 15) is 18.0 Å². The molecule has 0 unspecified atom stereocenters. The number of alkyl halides is 3. The Balaban J connectivity index is 2.79. The molecule has 84 valence electrons. The molecule has 0 saturated carbocycles. The highest BCUT2D eigenvalue weighted by atomic mass is 19.4. The first kappa shape index (κ1) is 10.7. The van der Waals surface area contributed by atoms with Crippen molar-refractivity contribution in [3.63, 3.8) is 0 Å². The van der Waals surface area contributed by atoms with Gasteiger partial charge in [0.2, 0.25) is 0 Å². The number of nitrogens with zero attached hydrogens (tertiary/aromatic N) is 2. The van der Waals surface area contributed by atoms with E-state index < -0.39 is 17.4 Å². The second kappa shape index (κ2) is 3.33. The van der Waals surface area contributed by atoms with Gasteiger partial charge < -0.3 is 0 Å². The predicted molar refractivity (Wildman–Crippen MR) is 51.2 cm³/mol. The molecular weight excluding hydrogens is 221 g/mol. The van der Waals surface area contributed by atoms with Crippen LogP contribution in [-0.4, -0.2) is 9.38 Å². The van der Waals surface area contributed by atoms with Crippen LogP contribution in [0.4, 0.5) is 13.2 Å². The van der Waals surface area contributed by atoms with E-state index >= 15 is 0 Å². The highest BCUT2D eigenvalue weighted by Crippen LogP contribution is 2.26. The van der Waals surface area contributed by atoms with E-state index in [4.69, 9.17) is 0 Å². The van der Waals surface area contributed by atoms with Crippen LogP contribution >= 0.6 is 0 Å². The lowest BCUT2D eigenvalue weighted by atomic mass is 10.3. The second-order valence-corrected chi connectivity index (χ2v) is 3.41.